The predicted octanol–water partition coefficient (Wildman–Crippen LogP) is 4.25. The zero-order valence-electron chi connectivity index (χ0n) is 12.3. The zero-order valence-corrected chi connectivity index (χ0v) is 13.2. The number of aliphatic hydroxyl groups is 1. The molecule has 0 saturated heterocycles. The van der Waals surface area contributed by atoms with Gasteiger partial charge in [0.25, 0.3) is 0 Å². The first-order chi connectivity index (χ1) is 9.87. The fraction of sp³-hybridized carbons (Fsp3) is 0.312. The monoisotopic (exact) mass is 305 g/mol. The summed E-state index contributed by atoms with van der Waals surface area (Å²) in [7, 11) is 0. The Balaban J connectivity index is 2.03. The van der Waals surface area contributed by atoms with Gasteiger partial charge in [-0.15, -0.1) is 11.3 Å². The SMILES string of the molecule is CC(C)(C)OC(=O)Nc1ccc(-c2csc(CO)c2)cc1. The van der Waals surface area contributed by atoms with Gasteiger partial charge in [0.2, 0.25) is 0 Å². The first kappa shape index (κ1) is 15.5. The van der Waals surface area contributed by atoms with Crippen molar-refractivity contribution in [3.8, 4) is 11.1 Å². The maximum absolute atomic E-state index is 11.7. The van der Waals surface area contributed by atoms with E-state index >= 15 is 0 Å². The molecule has 0 saturated carbocycles. The number of hydrogen-bond donors (Lipinski definition) is 2. The highest BCUT2D eigenvalue weighted by molar-refractivity contribution is 7.10. The lowest BCUT2D eigenvalue weighted by Crippen LogP contribution is -2.27. The number of carbonyl (C=O) groups excluding carboxylic acids is 1. The van der Waals surface area contributed by atoms with Crippen molar-refractivity contribution in [1.29, 1.82) is 0 Å². The first-order valence-electron chi connectivity index (χ1n) is 6.66. The van der Waals surface area contributed by atoms with Crippen LogP contribution in [0.25, 0.3) is 11.1 Å². The van der Waals surface area contributed by atoms with E-state index in [0.717, 1.165) is 16.0 Å². The van der Waals surface area contributed by atoms with Crippen LogP contribution in [0.5, 0.6) is 0 Å². The van der Waals surface area contributed by atoms with Crippen molar-refractivity contribution in [3.05, 3.63) is 40.6 Å². The molecule has 0 aliphatic heterocycles. The lowest BCUT2D eigenvalue weighted by Gasteiger charge is -2.19. The smallest absolute Gasteiger partial charge is 0.412 e. The number of rotatable bonds is 3. The van der Waals surface area contributed by atoms with Crippen LogP contribution in [0, 0.1) is 0 Å². The molecule has 0 atom stereocenters. The summed E-state index contributed by atoms with van der Waals surface area (Å²) >= 11 is 1.53. The summed E-state index contributed by atoms with van der Waals surface area (Å²) in [4.78, 5) is 12.6. The molecule has 0 spiro atoms. The van der Waals surface area contributed by atoms with Crippen LogP contribution in [-0.2, 0) is 11.3 Å². The van der Waals surface area contributed by atoms with E-state index in [1.54, 1.807) is 0 Å². The Hall–Kier alpha value is -1.85. The summed E-state index contributed by atoms with van der Waals surface area (Å²) in [5.74, 6) is 0. The number of ether oxygens (including phenoxy) is 1. The Kier molecular flexibility index (Phi) is 4.65. The van der Waals surface area contributed by atoms with Gasteiger partial charge in [0, 0.05) is 10.6 Å². The van der Waals surface area contributed by atoms with Gasteiger partial charge in [-0.2, -0.15) is 0 Å². The third-order valence-electron chi connectivity index (χ3n) is 2.67. The predicted molar refractivity (Wildman–Crippen MR) is 85.5 cm³/mol. The molecule has 1 amide bonds. The number of aliphatic hydroxyl groups excluding tert-OH is 1. The lowest BCUT2D eigenvalue weighted by molar-refractivity contribution is 0.0636. The van der Waals surface area contributed by atoms with Crippen LogP contribution in [0.3, 0.4) is 0 Å². The molecule has 5 heteroatoms. The van der Waals surface area contributed by atoms with Crippen molar-refractivity contribution in [2.24, 2.45) is 0 Å². The fourth-order valence-corrected chi connectivity index (χ4v) is 2.53. The number of thiophene rings is 1. The van der Waals surface area contributed by atoms with Crippen LogP contribution >= 0.6 is 11.3 Å². The molecule has 1 aromatic carbocycles. The van der Waals surface area contributed by atoms with E-state index in [1.165, 1.54) is 11.3 Å². The fourth-order valence-electron chi connectivity index (χ4n) is 1.78. The van der Waals surface area contributed by atoms with Crippen LogP contribution < -0.4 is 5.32 Å². The standard InChI is InChI=1S/C16H19NO3S/c1-16(2,3)20-15(19)17-13-6-4-11(5-7-13)12-8-14(9-18)21-10-12/h4-8,10,18H,9H2,1-3H3,(H,17,19). The Morgan fingerprint density at radius 1 is 1.24 bits per heavy atom. The molecule has 2 rings (SSSR count). The largest absolute Gasteiger partial charge is 0.444 e. The van der Waals surface area contributed by atoms with Crippen molar-refractivity contribution >= 4 is 23.1 Å². The molecule has 0 unspecified atom stereocenters. The molecule has 0 bridgehead atoms. The van der Waals surface area contributed by atoms with Crippen molar-refractivity contribution < 1.29 is 14.6 Å². The van der Waals surface area contributed by atoms with Crippen molar-refractivity contribution in [1.82, 2.24) is 0 Å². The summed E-state index contributed by atoms with van der Waals surface area (Å²) < 4.78 is 5.20. The second kappa shape index (κ2) is 6.28. The van der Waals surface area contributed by atoms with Crippen LogP contribution in [0.2, 0.25) is 0 Å². The van der Waals surface area contributed by atoms with Gasteiger partial charge in [0.05, 0.1) is 6.61 Å². The summed E-state index contributed by atoms with van der Waals surface area (Å²) in [6.07, 6.45) is -0.464. The molecule has 4 nitrogen and oxygen atoms in total. The highest BCUT2D eigenvalue weighted by Gasteiger charge is 2.16. The van der Waals surface area contributed by atoms with Gasteiger partial charge in [-0.3, -0.25) is 5.32 Å². The number of anilines is 1. The molecule has 0 aliphatic rings. The highest BCUT2D eigenvalue weighted by Crippen LogP contribution is 2.26. The molecule has 0 aliphatic carbocycles. The third kappa shape index (κ3) is 4.58. The molecule has 0 fully saturated rings. The Labute approximate surface area is 128 Å². The van der Waals surface area contributed by atoms with Crippen molar-refractivity contribution in [3.63, 3.8) is 0 Å². The average molecular weight is 305 g/mol. The maximum Gasteiger partial charge on any atom is 0.412 e. The lowest BCUT2D eigenvalue weighted by atomic mass is 10.1. The van der Waals surface area contributed by atoms with Crippen molar-refractivity contribution in [2.75, 3.05) is 5.32 Å². The molecule has 1 heterocycles. The van der Waals surface area contributed by atoms with Crippen LogP contribution in [-0.4, -0.2) is 16.8 Å². The van der Waals surface area contributed by atoms with Gasteiger partial charge >= 0.3 is 6.09 Å². The van der Waals surface area contributed by atoms with E-state index in [0.29, 0.717) is 5.69 Å². The van der Waals surface area contributed by atoms with Gasteiger partial charge in [-0.1, -0.05) is 12.1 Å². The minimum absolute atomic E-state index is 0.0585. The van der Waals surface area contributed by atoms with E-state index in [1.807, 2.05) is 56.5 Å². The molecule has 2 aromatic rings. The molecule has 21 heavy (non-hydrogen) atoms. The minimum Gasteiger partial charge on any atom is -0.444 e. The molecule has 2 N–H and O–H groups in total. The van der Waals surface area contributed by atoms with Crippen LogP contribution in [0.1, 0.15) is 25.6 Å². The van der Waals surface area contributed by atoms with Crippen LogP contribution in [0.4, 0.5) is 10.5 Å². The van der Waals surface area contributed by atoms with Crippen LogP contribution in [0.15, 0.2) is 35.7 Å². The third-order valence-corrected chi connectivity index (χ3v) is 3.59. The topological polar surface area (TPSA) is 58.6 Å². The summed E-state index contributed by atoms with van der Waals surface area (Å²) in [6, 6.07) is 9.47. The van der Waals surface area contributed by atoms with E-state index in [4.69, 9.17) is 9.84 Å². The Morgan fingerprint density at radius 2 is 1.90 bits per heavy atom. The van der Waals surface area contributed by atoms with E-state index in [-0.39, 0.29) is 6.61 Å². The highest BCUT2D eigenvalue weighted by atomic mass is 32.1. The number of benzene rings is 1. The maximum atomic E-state index is 11.7. The minimum atomic E-state index is -0.513. The normalized spacial score (nSPS) is 11.2. The summed E-state index contributed by atoms with van der Waals surface area (Å²) in [5.41, 5.74) is 2.28. The van der Waals surface area contributed by atoms with E-state index in [2.05, 4.69) is 5.32 Å². The second-order valence-electron chi connectivity index (χ2n) is 5.66. The first-order valence-corrected chi connectivity index (χ1v) is 7.54. The van der Waals surface area contributed by atoms with E-state index in [9.17, 15) is 4.79 Å². The summed E-state index contributed by atoms with van der Waals surface area (Å²) in [6.45, 7) is 5.53. The van der Waals surface area contributed by atoms with Gasteiger partial charge in [0.15, 0.2) is 0 Å². The average Bonchev–Trinajstić information content (AvgIpc) is 2.86. The Morgan fingerprint density at radius 3 is 2.43 bits per heavy atom. The van der Waals surface area contributed by atoms with E-state index < -0.39 is 11.7 Å². The van der Waals surface area contributed by atoms with Gasteiger partial charge < -0.3 is 9.84 Å². The number of nitrogens with one attached hydrogen (secondary N) is 1. The molecule has 0 radical (unpaired) electrons. The molecular weight excluding hydrogens is 286 g/mol. The zero-order chi connectivity index (χ0) is 15.5. The Bertz CT molecular complexity index is 611. The molecule has 112 valence electrons. The number of amides is 1. The van der Waals surface area contributed by atoms with Gasteiger partial charge in [-0.05, 0) is 55.5 Å². The molecule has 1 aromatic heterocycles. The number of carbonyl (C=O) groups is 1. The summed E-state index contributed by atoms with van der Waals surface area (Å²) in [5, 5.41) is 13.8. The quantitative estimate of drug-likeness (QED) is 0.891. The van der Waals surface area contributed by atoms with Gasteiger partial charge in [-0.25, -0.2) is 4.79 Å². The molecular formula is C16H19NO3S. The van der Waals surface area contributed by atoms with Crippen molar-refractivity contribution in [2.45, 2.75) is 33.0 Å². The number of hydrogen-bond acceptors (Lipinski definition) is 4. The second-order valence-corrected chi connectivity index (χ2v) is 6.66. The van der Waals surface area contributed by atoms with Gasteiger partial charge in [0.1, 0.15) is 5.60 Å².